The maximum absolute atomic E-state index is 12.9. The standard InChI is InChI=1S/C20H27N3O3S/c1-5-26-11-7-10-23(19(25)17-9-6-8-14(2)12-17)13-18(24)22-20-21-15(3)16(4)27-20/h6,8-9,12H,5,7,10-11,13H2,1-4H3,(H,21,22,24). The van der Waals surface area contributed by atoms with Crippen LogP contribution >= 0.6 is 11.3 Å². The first-order chi connectivity index (χ1) is 12.9. The number of aromatic nitrogens is 1. The van der Waals surface area contributed by atoms with Crippen LogP contribution in [0.1, 0.15) is 39.8 Å². The van der Waals surface area contributed by atoms with Crippen LogP contribution in [0.3, 0.4) is 0 Å². The summed E-state index contributed by atoms with van der Waals surface area (Å²) in [4.78, 5) is 32.3. The molecule has 2 rings (SSSR count). The molecule has 1 N–H and O–H groups in total. The zero-order valence-electron chi connectivity index (χ0n) is 16.4. The van der Waals surface area contributed by atoms with Crippen LogP contribution in [-0.2, 0) is 9.53 Å². The van der Waals surface area contributed by atoms with Crippen LogP contribution in [0, 0.1) is 20.8 Å². The first kappa shape index (κ1) is 21.1. The van der Waals surface area contributed by atoms with Crippen molar-refractivity contribution in [2.75, 3.05) is 31.6 Å². The second kappa shape index (κ2) is 10.2. The molecule has 0 aliphatic carbocycles. The highest BCUT2D eigenvalue weighted by molar-refractivity contribution is 7.15. The first-order valence-corrected chi connectivity index (χ1v) is 9.90. The van der Waals surface area contributed by atoms with E-state index in [2.05, 4.69) is 10.3 Å². The Kier molecular flexibility index (Phi) is 7.94. The van der Waals surface area contributed by atoms with Crippen LogP contribution in [-0.4, -0.2) is 48.0 Å². The predicted octanol–water partition coefficient (Wildman–Crippen LogP) is 3.58. The molecule has 6 nitrogen and oxygen atoms in total. The van der Waals surface area contributed by atoms with Gasteiger partial charge in [-0.1, -0.05) is 17.7 Å². The molecule has 0 aliphatic heterocycles. The monoisotopic (exact) mass is 389 g/mol. The Labute approximate surface area is 164 Å². The fourth-order valence-electron chi connectivity index (χ4n) is 2.57. The number of nitrogens with one attached hydrogen (secondary N) is 1. The van der Waals surface area contributed by atoms with Gasteiger partial charge >= 0.3 is 0 Å². The van der Waals surface area contributed by atoms with Crippen molar-refractivity contribution in [3.05, 3.63) is 46.0 Å². The minimum absolute atomic E-state index is 0.0173. The zero-order chi connectivity index (χ0) is 19.8. The van der Waals surface area contributed by atoms with Gasteiger partial charge in [-0.25, -0.2) is 4.98 Å². The fraction of sp³-hybridized carbons (Fsp3) is 0.450. The van der Waals surface area contributed by atoms with Crippen molar-refractivity contribution in [2.45, 2.75) is 34.1 Å². The normalized spacial score (nSPS) is 10.7. The Morgan fingerprint density at radius 1 is 1.26 bits per heavy atom. The lowest BCUT2D eigenvalue weighted by molar-refractivity contribution is -0.116. The second-order valence-corrected chi connectivity index (χ2v) is 7.56. The quantitative estimate of drug-likeness (QED) is 0.666. The highest BCUT2D eigenvalue weighted by Gasteiger charge is 2.19. The SMILES string of the molecule is CCOCCCN(CC(=O)Nc1nc(C)c(C)s1)C(=O)c1cccc(C)c1. The Morgan fingerprint density at radius 3 is 2.67 bits per heavy atom. The molecule has 1 aromatic carbocycles. The molecular formula is C20H27N3O3S. The number of nitrogens with zero attached hydrogens (tertiary/aromatic N) is 2. The Bertz CT molecular complexity index is 769. The van der Waals surface area contributed by atoms with Gasteiger partial charge in [-0.3, -0.25) is 9.59 Å². The summed E-state index contributed by atoms with van der Waals surface area (Å²) in [5.74, 6) is -0.405. The van der Waals surface area contributed by atoms with Gasteiger partial charge in [0, 0.05) is 30.2 Å². The number of aryl methyl sites for hydroxylation is 3. The van der Waals surface area contributed by atoms with Crippen molar-refractivity contribution in [1.29, 1.82) is 0 Å². The molecule has 0 aliphatic rings. The first-order valence-electron chi connectivity index (χ1n) is 9.08. The van der Waals surface area contributed by atoms with Gasteiger partial charge in [0.15, 0.2) is 5.13 Å². The van der Waals surface area contributed by atoms with Crippen molar-refractivity contribution >= 4 is 28.3 Å². The number of benzene rings is 1. The minimum atomic E-state index is -0.249. The summed E-state index contributed by atoms with van der Waals surface area (Å²) in [5, 5.41) is 3.36. The van der Waals surface area contributed by atoms with Crippen molar-refractivity contribution in [3.63, 3.8) is 0 Å². The van der Waals surface area contributed by atoms with Gasteiger partial charge in [0.05, 0.1) is 5.69 Å². The molecule has 0 unspecified atom stereocenters. The minimum Gasteiger partial charge on any atom is -0.382 e. The summed E-state index contributed by atoms with van der Waals surface area (Å²) in [6, 6.07) is 7.40. The molecule has 2 aromatic rings. The summed E-state index contributed by atoms with van der Waals surface area (Å²) in [5.41, 5.74) is 2.49. The van der Waals surface area contributed by atoms with Crippen molar-refractivity contribution in [3.8, 4) is 0 Å². The molecular weight excluding hydrogens is 362 g/mol. The van der Waals surface area contributed by atoms with E-state index in [1.54, 1.807) is 11.0 Å². The van der Waals surface area contributed by atoms with Gasteiger partial charge in [-0.05, 0) is 46.2 Å². The molecule has 2 amide bonds. The highest BCUT2D eigenvalue weighted by atomic mass is 32.1. The molecule has 7 heteroatoms. The zero-order valence-corrected chi connectivity index (χ0v) is 17.2. The van der Waals surface area contributed by atoms with Gasteiger partial charge in [-0.2, -0.15) is 0 Å². The Balaban J connectivity index is 2.06. The van der Waals surface area contributed by atoms with Gasteiger partial charge in [-0.15, -0.1) is 11.3 Å². The van der Waals surface area contributed by atoms with Crippen molar-refractivity contribution in [1.82, 2.24) is 9.88 Å². The molecule has 1 aromatic heterocycles. The largest absolute Gasteiger partial charge is 0.382 e. The number of ether oxygens (including phenoxy) is 1. The molecule has 1 heterocycles. The average molecular weight is 390 g/mol. The molecule has 0 saturated heterocycles. The van der Waals surface area contributed by atoms with Gasteiger partial charge in [0.25, 0.3) is 5.91 Å². The third-order valence-electron chi connectivity index (χ3n) is 4.08. The number of rotatable bonds is 9. The number of amides is 2. The number of hydrogen-bond acceptors (Lipinski definition) is 5. The third kappa shape index (κ3) is 6.45. The van der Waals surface area contributed by atoms with Gasteiger partial charge in [0.1, 0.15) is 6.54 Å². The van der Waals surface area contributed by atoms with Gasteiger partial charge < -0.3 is 15.0 Å². The van der Waals surface area contributed by atoms with Crippen LogP contribution in [0.5, 0.6) is 0 Å². The van der Waals surface area contributed by atoms with Gasteiger partial charge in [0.2, 0.25) is 5.91 Å². The Morgan fingerprint density at radius 2 is 2.04 bits per heavy atom. The molecule has 0 radical (unpaired) electrons. The number of thiazole rings is 1. The predicted molar refractivity (Wildman–Crippen MR) is 108 cm³/mol. The maximum Gasteiger partial charge on any atom is 0.254 e. The summed E-state index contributed by atoms with van der Waals surface area (Å²) in [7, 11) is 0. The van der Waals surface area contributed by atoms with E-state index in [0.717, 1.165) is 16.1 Å². The molecule has 0 fully saturated rings. The van der Waals surface area contributed by atoms with Crippen LogP contribution in [0.4, 0.5) is 5.13 Å². The van der Waals surface area contributed by atoms with Crippen LogP contribution in [0.15, 0.2) is 24.3 Å². The summed E-state index contributed by atoms with van der Waals surface area (Å²) in [6.45, 7) is 9.37. The fourth-order valence-corrected chi connectivity index (χ4v) is 3.40. The van der Waals surface area contributed by atoms with E-state index >= 15 is 0 Å². The van der Waals surface area contributed by atoms with E-state index in [9.17, 15) is 9.59 Å². The average Bonchev–Trinajstić information content (AvgIpc) is 2.94. The lowest BCUT2D eigenvalue weighted by atomic mass is 10.1. The second-order valence-electron chi connectivity index (χ2n) is 6.36. The van der Waals surface area contributed by atoms with Crippen molar-refractivity contribution in [2.24, 2.45) is 0 Å². The topological polar surface area (TPSA) is 71.5 Å². The number of carbonyl (C=O) groups is 2. The molecule has 0 saturated carbocycles. The van der Waals surface area contributed by atoms with E-state index in [4.69, 9.17) is 4.74 Å². The van der Waals surface area contributed by atoms with Crippen LogP contribution in [0.25, 0.3) is 0 Å². The van der Waals surface area contributed by atoms with E-state index in [1.165, 1.54) is 11.3 Å². The molecule has 27 heavy (non-hydrogen) atoms. The third-order valence-corrected chi connectivity index (χ3v) is 5.07. The maximum atomic E-state index is 12.9. The summed E-state index contributed by atoms with van der Waals surface area (Å²) < 4.78 is 5.36. The number of anilines is 1. The molecule has 146 valence electrons. The number of hydrogen-bond donors (Lipinski definition) is 1. The van der Waals surface area contributed by atoms with E-state index in [0.29, 0.717) is 36.9 Å². The smallest absolute Gasteiger partial charge is 0.254 e. The summed E-state index contributed by atoms with van der Waals surface area (Å²) >= 11 is 1.43. The van der Waals surface area contributed by atoms with E-state index in [-0.39, 0.29) is 18.4 Å². The molecule has 0 spiro atoms. The molecule has 0 bridgehead atoms. The van der Waals surface area contributed by atoms with E-state index < -0.39 is 0 Å². The highest BCUT2D eigenvalue weighted by Crippen LogP contribution is 2.21. The van der Waals surface area contributed by atoms with Crippen LogP contribution in [0.2, 0.25) is 0 Å². The summed E-state index contributed by atoms with van der Waals surface area (Å²) in [6.07, 6.45) is 0.675. The number of carbonyl (C=O) groups excluding carboxylic acids is 2. The lowest BCUT2D eigenvalue weighted by Crippen LogP contribution is -2.39. The van der Waals surface area contributed by atoms with Crippen molar-refractivity contribution < 1.29 is 14.3 Å². The lowest BCUT2D eigenvalue weighted by Gasteiger charge is -2.22. The van der Waals surface area contributed by atoms with Crippen LogP contribution < -0.4 is 5.32 Å². The Hall–Kier alpha value is -2.25. The molecule has 0 atom stereocenters. The van der Waals surface area contributed by atoms with E-state index in [1.807, 2.05) is 45.9 Å².